The van der Waals surface area contributed by atoms with Gasteiger partial charge < -0.3 is 10.4 Å². The third-order valence-electron chi connectivity index (χ3n) is 3.14. The van der Waals surface area contributed by atoms with Crippen LogP contribution in [-0.4, -0.2) is 39.0 Å². The molecule has 2 atom stereocenters. The van der Waals surface area contributed by atoms with E-state index in [9.17, 15) is 9.32 Å². The van der Waals surface area contributed by atoms with E-state index in [1.165, 1.54) is 25.7 Å². The highest BCUT2D eigenvalue weighted by molar-refractivity contribution is 7.85. The molecule has 2 N–H and O–H groups in total. The van der Waals surface area contributed by atoms with E-state index in [2.05, 4.69) is 26.1 Å². The molecule has 1 fully saturated rings. The molecule has 2 unspecified atom stereocenters. The maximum atomic E-state index is 11.9. The summed E-state index contributed by atoms with van der Waals surface area (Å²) in [6.07, 6.45) is 4.53. The van der Waals surface area contributed by atoms with Crippen molar-refractivity contribution in [1.29, 1.82) is 0 Å². The van der Waals surface area contributed by atoms with E-state index in [1.54, 1.807) is 0 Å². The van der Waals surface area contributed by atoms with Crippen molar-refractivity contribution < 1.29 is 9.32 Å². The predicted octanol–water partition coefficient (Wildman–Crippen LogP) is 1.67. The normalized spacial score (nSPS) is 21.6. The van der Waals surface area contributed by atoms with E-state index in [4.69, 9.17) is 0 Å². The number of aliphatic hydroxyl groups excluding tert-OH is 1. The molecule has 0 bridgehead atoms. The van der Waals surface area contributed by atoms with Crippen molar-refractivity contribution in [2.45, 2.75) is 58.1 Å². The van der Waals surface area contributed by atoms with Crippen molar-refractivity contribution in [2.24, 2.45) is 5.92 Å². The first-order chi connectivity index (χ1) is 7.87. The van der Waals surface area contributed by atoms with Gasteiger partial charge in [0.15, 0.2) is 0 Å². The van der Waals surface area contributed by atoms with E-state index in [-0.39, 0.29) is 5.54 Å². The molecule has 1 rings (SSSR count). The van der Waals surface area contributed by atoms with Crippen molar-refractivity contribution in [2.75, 3.05) is 18.1 Å². The molecule has 0 radical (unpaired) electrons. The van der Waals surface area contributed by atoms with Gasteiger partial charge in [-0.25, -0.2) is 0 Å². The molecule has 17 heavy (non-hydrogen) atoms. The van der Waals surface area contributed by atoms with E-state index in [0.717, 1.165) is 5.75 Å². The zero-order valence-corrected chi connectivity index (χ0v) is 12.2. The molecule has 0 heterocycles. The minimum Gasteiger partial charge on any atom is -0.391 e. The Hall–Kier alpha value is 0.0700. The van der Waals surface area contributed by atoms with Crippen molar-refractivity contribution in [3.63, 3.8) is 0 Å². The molecule has 0 aromatic rings. The molecule has 3 nitrogen and oxygen atoms in total. The Morgan fingerprint density at radius 2 is 1.94 bits per heavy atom. The van der Waals surface area contributed by atoms with Crippen LogP contribution in [0.1, 0.15) is 46.5 Å². The van der Waals surface area contributed by atoms with Crippen molar-refractivity contribution in [3.8, 4) is 0 Å². The molecule has 102 valence electrons. The van der Waals surface area contributed by atoms with Crippen LogP contribution in [0.4, 0.5) is 0 Å². The van der Waals surface area contributed by atoms with Crippen molar-refractivity contribution in [1.82, 2.24) is 5.32 Å². The van der Waals surface area contributed by atoms with Crippen molar-refractivity contribution in [3.05, 3.63) is 0 Å². The average molecular weight is 261 g/mol. The number of aliphatic hydroxyl groups is 1. The molecule has 0 amide bonds. The number of hydrogen-bond acceptors (Lipinski definition) is 3. The van der Waals surface area contributed by atoms with Crippen LogP contribution >= 0.6 is 0 Å². The van der Waals surface area contributed by atoms with E-state index in [1.807, 2.05) is 0 Å². The van der Waals surface area contributed by atoms with E-state index in [0.29, 0.717) is 18.2 Å². The van der Waals surface area contributed by atoms with Crippen LogP contribution in [0.3, 0.4) is 0 Å². The van der Waals surface area contributed by atoms with Gasteiger partial charge in [0.2, 0.25) is 0 Å². The highest BCUT2D eigenvalue weighted by Crippen LogP contribution is 2.25. The first kappa shape index (κ1) is 15.1. The quantitative estimate of drug-likeness (QED) is 0.765. The summed E-state index contributed by atoms with van der Waals surface area (Å²) in [5.74, 6) is 1.84. The number of nitrogens with one attached hydrogen (secondary N) is 1. The second kappa shape index (κ2) is 6.86. The van der Waals surface area contributed by atoms with Gasteiger partial charge in [0, 0.05) is 28.6 Å². The van der Waals surface area contributed by atoms with Gasteiger partial charge in [-0.05, 0) is 39.5 Å². The minimum atomic E-state index is -0.858. The summed E-state index contributed by atoms with van der Waals surface area (Å²) in [5.41, 5.74) is 0.00786. The number of hydrogen-bond donors (Lipinski definition) is 2. The monoisotopic (exact) mass is 261 g/mol. The van der Waals surface area contributed by atoms with Crippen LogP contribution in [0.5, 0.6) is 0 Å². The lowest BCUT2D eigenvalue weighted by Crippen LogP contribution is -2.42. The van der Waals surface area contributed by atoms with Gasteiger partial charge in [0.1, 0.15) is 0 Å². The van der Waals surface area contributed by atoms with Gasteiger partial charge in [0.25, 0.3) is 0 Å². The van der Waals surface area contributed by atoms with Crippen LogP contribution in [0.2, 0.25) is 0 Å². The summed E-state index contributed by atoms with van der Waals surface area (Å²) in [6, 6.07) is 0. The smallest absolute Gasteiger partial charge is 0.0779 e. The predicted molar refractivity (Wildman–Crippen MR) is 73.6 cm³/mol. The average Bonchev–Trinajstić information content (AvgIpc) is 2.66. The number of rotatable bonds is 6. The highest BCUT2D eigenvalue weighted by Gasteiger charge is 2.20. The molecule has 4 heteroatoms. The lowest BCUT2D eigenvalue weighted by atomic mass is 10.1. The molecule has 1 aliphatic carbocycles. The van der Waals surface area contributed by atoms with Crippen LogP contribution in [-0.2, 0) is 10.8 Å². The summed E-state index contributed by atoms with van der Waals surface area (Å²) >= 11 is 0. The van der Waals surface area contributed by atoms with Crippen LogP contribution in [0.25, 0.3) is 0 Å². The molecule has 0 aromatic heterocycles. The van der Waals surface area contributed by atoms with E-state index < -0.39 is 16.9 Å². The van der Waals surface area contributed by atoms with Gasteiger partial charge in [0.05, 0.1) is 11.9 Å². The first-order valence-electron chi connectivity index (χ1n) is 6.65. The molecule has 0 saturated heterocycles. The summed E-state index contributed by atoms with van der Waals surface area (Å²) in [6.45, 7) is 6.72. The maximum Gasteiger partial charge on any atom is 0.0779 e. The Labute approximate surface area is 108 Å². The zero-order valence-electron chi connectivity index (χ0n) is 11.4. The molecular formula is C13H27NO2S. The molecule has 1 aliphatic rings. The van der Waals surface area contributed by atoms with Gasteiger partial charge in [-0.15, -0.1) is 0 Å². The van der Waals surface area contributed by atoms with Crippen LogP contribution in [0, 0.1) is 5.92 Å². The summed E-state index contributed by atoms with van der Waals surface area (Å²) in [7, 11) is -0.858. The highest BCUT2D eigenvalue weighted by atomic mass is 32.2. The maximum absolute atomic E-state index is 11.9. The first-order valence-corrected chi connectivity index (χ1v) is 8.14. The van der Waals surface area contributed by atoms with Gasteiger partial charge >= 0.3 is 0 Å². The summed E-state index contributed by atoms with van der Waals surface area (Å²) in [5, 5.41) is 13.0. The third-order valence-corrected chi connectivity index (χ3v) is 4.74. The Morgan fingerprint density at radius 3 is 2.47 bits per heavy atom. The fourth-order valence-electron chi connectivity index (χ4n) is 2.21. The molecule has 0 spiro atoms. The second-order valence-electron chi connectivity index (χ2n) is 6.21. The van der Waals surface area contributed by atoms with Crippen molar-refractivity contribution >= 4 is 10.8 Å². The Kier molecular flexibility index (Phi) is 6.10. The van der Waals surface area contributed by atoms with Crippen LogP contribution in [0.15, 0.2) is 0 Å². The summed E-state index contributed by atoms with van der Waals surface area (Å²) < 4.78 is 11.9. The largest absolute Gasteiger partial charge is 0.391 e. The third kappa shape index (κ3) is 7.17. The minimum absolute atomic E-state index is 0.00786. The molecular weight excluding hydrogens is 234 g/mol. The number of β-amino-alcohol motifs (C(OH)–C–C–N with tert-alkyl or cyclic N) is 1. The topological polar surface area (TPSA) is 49.3 Å². The van der Waals surface area contributed by atoms with Gasteiger partial charge in [-0.3, -0.25) is 4.21 Å². The fourth-order valence-corrected chi connectivity index (χ4v) is 3.75. The summed E-state index contributed by atoms with van der Waals surface area (Å²) in [4.78, 5) is 0. The fraction of sp³-hybridized carbons (Fsp3) is 1.00. The van der Waals surface area contributed by atoms with E-state index >= 15 is 0 Å². The Morgan fingerprint density at radius 1 is 1.35 bits per heavy atom. The molecule has 1 saturated carbocycles. The molecule has 0 aliphatic heterocycles. The SMILES string of the molecule is CC(C)(C)NCC(O)CS(=O)CC1CCCC1. The Bertz CT molecular complexity index is 244. The standard InChI is InChI=1S/C13H27NO2S/c1-13(2,3)14-8-12(15)10-17(16)9-11-6-4-5-7-11/h11-12,14-15H,4-10H2,1-3H3. The van der Waals surface area contributed by atoms with Gasteiger partial charge in [-0.2, -0.15) is 0 Å². The molecule has 0 aromatic carbocycles. The Balaban J connectivity index is 2.16. The lowest BCUT2D eigenvalue weighted by Gasteiger charge is -2.23. The lowest BCUT2D eigenvalue weighted by molar-refractivity contribution is 0.182. The van der Waals surface area contributed by atoms with Crippen LogP contribution < -0.4 is 5.32 Å². The van der Waals surface area contributed by atoms with Gasteiger partial charge in [-0.1, -0.05) is 12.8 Å². The zero-order chi connectivity index (χ0) is 12.9. The second-order valence-corrected chi connectivity index (χ2v) is 7.75.